The van der Waals surface area contributed by atoms with E-state index in [1.54, 1.807) is 48.5 Å². The molecule has 142 valence electrons. The van der Waals surface area contributed by atoms with E-state index in [0.29, 0.717) is 16.8 Å². The fourth-order valence-electron chi connectivity index (χ4n) is 2.63. The highest BCUT2D eigenvalue weighted by molar-refractivity contribution is 6.04. The fraction of sp³-hybridized carbons (Fsp3) is 0.238. The Bertz CT molecular complexity index is 945. The zero-order valence-corrected chi connectivity index (χ0v) is 15.1. The van der Waals surface area contributed by atoms with Gasteiger partial charge in [0.05, 0.1) is 29.3 Å². The van der Waals surface area contributed by atoms with Crippen molar-refractivity contribution in [2.75, 3.05) is 11.9 Å². The van der Waals surface area contributed by atoms with Gasteiger partial charge in [-0.05, 0) is 36.6 Å². The van der Waals surface area contributed by atoms with Gasteiger partial charge < -0.3 is 15.4 Å². The number of rotatable bonds is 7. The number of amides is 2. The summed E-state index contributed by atoms with van der Waals surface area (Å²) in [7, 11) is 0. The van der Waals surface area contributed by atoms with E-state index in [4.69, 9.17) is 10.00 Å². The molecule has 1 aliphatic carbocycles. The Balaban J connectivity index is 1.60. The minimum absolute atomic E-state index is 0.0704. The molecule has 0 atom stereocenters. The van der Waals surface area contributed by atoms with Gasteiger partial charge in [-0.1, -0.05) is 30.3 Å². The minimum Gasteiger partial charge on any atom is -0.452 e. The number of nitrogens with one attached hydrogen (secondary N) is 2. The number of hydrogen-bond acceptors (Lipinski definition) is 5. The molecule has 0 spiro atoms. The van der Waals surface area contributed by atoms with Crippen LogP contribution in [-0.4, -0.2) is 30.4 Å². The Morgan fingerprint density at radius 3 is 2.43 bits per heavy atom. The molecule has 7 nitrogen and oxygen atoms in total. The van der Waals surface area contributed by atoms with E-state index in [9.17, 15) is 14.4 Å². The van der Waals surface area contributed by atoms with Gasteiger partial charge in [0.1, 0.15) is 0 Å². The minimum atomic E-state index is -0.680. The van der Waals surface area contributed by atoms with Crippen LogP contribution in [-0.2, 0) is 16.0 Å². The molecule has 2 amide bonds. The first kappa shape index (κ1) is 19.1. The molecule has 7 heteroatoms. The van der Waals surface area contributed by atoms with Gasteiger partial charge in [-0.2, -0.15) is 5.26 Å². The molecule has 0 bridgehead atoms. The molecular formula is C21H19N3O4. The summed E-state index contributed by atoms with van der Waals surface area (Å²) in [6.45, 7) is -0.502. The van der Waals surface area contributed by atoms with E-state index in [-0.39, 0.29) is 23.9 Å². The Morgan fingerprint density at radius 1 is 1.04 bits per heavy atom. The highest BCUT2D eigenvalue weighted by atomic mass is 16.5. The van der Waals surface area contributed by atoms with Crippen molar-refractivity contribution in [1.29, 1.82) is 5.26 Å². The number of carbonyl (C=O) groups is 3. The lowest BCUT2D eigenvalue weighted by molar-refractivity contribution is -0.119. The van der Waals surface area contributed by atoms with Crippen molar-refractivity contribution >= 4 is 23.5 Å². The molecule has 0 aromatic heterocycles. The Labute approximate surface area is 162 Å². The number of para-hydroxylation sites is 1. The second-order valence-electron chi connectivity index (χ2n) is 6.41. The average molecular weight is 377 g/mol. The topological polar surface area (TPSA) is 108 Å². The number of carbonyl (C=O) groups excluding carboxylic acids is 3. The summed E-state index contributed by atoms with van der Waals surface area (Å²) in [4.78, 5) is 36.7. The number of ether oxygens (including phenoxy) is 1. The fourth-order valence-corrected chi connectivity index (χ4v) is 2.63. The van der Waals surface area contributed by atoms with Gasteiger partial charge in [-0.25, -0.2) is 4.79 Å². The van der Waals surface area contributed by atoms with Crippen molar-refractivity contribution in [3.63, 3.8) is 0 Å². The number of nitriles is 1. The highest BCUT2D eigenvalue weighted by Gasteiger charge is 2.25. The molecule has 0 heterocycles. The standard InChI is InChI=1S/C21H19N3O4/c22-12-11-14-5-1-2-6-16(14)21(27)28-13-19(25)24-18-8-4-3-7-17(18)20(26)23-15-9-10-15/h1-8,15H,9-11,13H2,(H,23,26)(H,24,25). The molecule has 2 N–H and O–H groups in total. The number of benzene rings is 2. The summed E-state index contributed by atoms with van der Waals surface area (Å²) in [5.74, 6) is -1.49. The maximum atomic E-state index is 12.3. The van der Waals surface area contributed by atoms with Crippen LogP contribution in [0.3, 0.4) is 0 Å². The lowest BCUT2D eigenvalue weighted by atomic mass is 10.1. The van der Waals surface area contributed by atoms with E-state index in [1.165, 1.54) is 0 Å². The third-order valence-electron chi connectivity index (χ3n) is 4.20. The molecule has 0 radical (unpaired) electrons. The molecule has 0 unspecified atom stereocenters. The Kier molecular flexibility index (Phi) is 6.02. The number of esters is 1. The zero-order chi connectivity index (χ0) is 19.9. The summed E-state index contributed by atoms with van der Waals surface area (Å²) in [5.41, 5.74) is 1.50. The predicted octanol–water partition coefficient (Wildman–Crippen LogP) is 2.44. The van der Waals surface area contributed by atoms with Crippen LogP contribution < -0.4 is 10.6 Å². The van der Waals surface area contributed by atoms with Crippen molar-refractivity contribution in [3.05, 3.63) is 65.2 Å². The van der Waals surface area contributed by atoms with Gasteiger partial charge in [0, 0.05) is 6.04 Å². The second kappa shape index (κ2) is 8.82. The monoisotopic (exact) mass is 377 g/mol. The number of hydrogen-bond donors (Lipinski definition) is 2. The molecule has 1 aliphatic rings. The van der Waals surface area contributed by atoms with E-state index in [0.717, 1.165) is 12.8 Å². The van der Waals surface area contributed by atoms with Gasteiger partial charge in [-0.3, -0.25) is 9.59 Å². The Hall–Kier alpha value is -3.66. The van der Waals surface area contributed by atoms with E-state index >= 15 is 0 Å². The predicted molar refractivity (Wildman–Crippen MR) is 102 cm³/mol. The maximum Gasteiger partial charge on any atom is 0.338 e. The largest absolute Gasteiger partial charge is 0.452 e. The van der Waals surface area contributed by atoms with Crippen molar-refractivity contribution in [2.45, 2.75) is 25.3 Å². The first-order valence-corrected chi connectivity index (χ1v) is 8.90. The lowest BCUT2D eigenvalue weighted by Gasteiger charge is -2.12. The summed E-state index contributed by atoms with van der Waals surface area (Å²) in [5, 5.41) is 14.3. The van der Waals surface area contributed by atoms with Crippen LogP contribution in [0.5, 0.6) is 0 Å². The molecule has 0 saturated heterocycles. The van der Waals surface area contributed by atoms with Crippen LogP contribution in [0.4, 0.5) is 5.69 Å². The molecule has 2 aromatic rings. The first-order chi connectivity index (χ1) is 13.6. The van der Waals surface area contributed by atoms with Crippen LogP contribution in [0, 0.1) is 11.3 Å². The van der Waals surface area contributed by atoms with E-state index in [2.05, 4.69) is 10.6 Å². The van der Waals surface area contributed by atoms with Crippen molar-refractivity contribution in [2.24, 2.45) is 0 Å². The van der Waals surface area contributed by atoms with Crippen LogP contribution in [0.15, 0.2) is 48.5 Å². The third kappa shape index (κ3) is 4.95. The molecule has 1 fully saturated rings. The SMILES string of the molecule is N#CCc1ccccc1C(=O)OCC(=O)Nc1ccccc1C(=O)NC1CC1. The van der Waals surface area contributed by atoms with Crippen LogP contribution in [0.1, 0.15) is 39.1 Å². The average Bonchev–Trinajstić information content (AvgIpc) is 3.51. The molecular weight excluding hydrogens is 358 g/mol. The van der Waals surface area contributed by atoms with E-state index in [1.807, 2.05) is 6.07 Å². The zero-order valence-electron chi connectivity index (χ0n) is 15.1. The third-order valence-corrected chi connectivity index (χ3v) is 4.20. The summed E-state index contributed by atoms with van der Waals surface area (Å²) < 4.78 is 5.06. The van der Waals surface area contributed by atoms with Crippen molar-refractivity contribution < 1.29 is 19.1 Å². The summed E-state index contributed by atoms with van der Waals surface area (Å²) in [6.07, 6.45) is 1.99. The molecule has 2 aromatic carbocycles. The summed E-state index contributed by atoms with van der Waals surface area (Å²) >= 11 is 0. The molecule has 28 heavy (non-hydrogen) atoms. The van der Waals surface area contributed by atoms with Gasteiger partial charge in [-0.15, -0.1) is 0 Å². The highest BCUT2D eigenvalue weighted by Crippen LogP contribution is 2.21. The Morgan fingerprint density at radius 2 is 1.71 bits per heavy atom. The van der Waals surface area contributed by atoms with Crippen molar-refractivity contribution in [3.8, 4) is 6.07 Å². The second-order valence-corrected chi connectivity index (χ2v) is 6.41. The number of nitrogens with zero attached hydrogens (tertiary/aromatic N) is 1. The maximum absolute atomic E-state index is 12.3. The van der Waals surface area contributed by atoms with E-state index < -0.39 is 18.5 Å². The quantitative estimate of drug-likeness (QED) is 0.721. The van der Waals surface area contributed by atoms with Gasteiger partial charge >= 0.3 is 5.97 Å². The van der Waals surface area contributed by atoms with Crippen LogP contribution in [0.2, 0.25) is 0 Å². The normalized spacial score (nSPS) is 12.5. The first-order valence-electron chi connectivity index (χ1n) is 8.90. The van der Waals surface area contributed by atoms with Crippen LogP contribution in [0.25, 0.3) is 0 Å². The molecule has 1 saturated carbocycles. The van der Waals surface area contributed by atoms with Gasteiger partial charge in [0.2, 0.25) is 0 Å². The number of anilines is 1. The van der Waals surface area contributed by atoms with Gasteiger partial charge in [0.25, 0.3) is 11.8 Å². The van der Waals surface area contributed by atoms with Crippen LogP contribution >= 0.6 is 0 Å². The molecule has 0 aliphatic heterocycles. The smallest absolute Gasteiger partial charge is 0.338 e. The van der Waals surface area contributed by atoms with Crippen molar-refractivity contribution in [1.82, 2.24) is 5.32 Å². The van der Waals surface area contributed by atoms with Gasteiger partial charge in [0.15, 0.2) is 6.61 Å². The lowest BCUT2D eigenvalue weighted by Crippen LogP contribution is -2.28. The summed E-state index contributed by atoms with van der Waals surface area (Å²) in [6, 6.07) is 15.4. The molecule has 3 rings (SSSR count).